The molecule has 0 bridgehead atoms. The Labute approximate surface area is 146 Å². The van der Waals surface area contributed by atoms with Crippen molar-refractivity contribution >= 4 is 16.5 Å². The topological polar surface area (TPSA) is 46.4 Å². The Morgan fingerprint density at radius 1 is 1.04 bits per heavy atom. The lowest BCUT2D eigenvalue weighted by atomic mass is 9.83. The van der Waals surface area contributed by atoms with Gasteiger partial charge in [-0.05, 0) is 16.5 Å². The van der Waals surface area contributed by atoms with Gasteiger partial charge in [0.2, 0.25) is 6.04 Å². The van der Waals surface area contributed by atoms with Crippen molar-refractivity contribution in [2.75, 3.05) is 11.9 Å². The quantitative estimate of drug-likeness (QED) is 0.498. The molecule has 1 aliphatic rings. The van der Waals surface area contributed by atoms with Crippen LogP contribution in [0.4, 0.5) is 5.69 Å². The van der Waals surface area contributed by atoms with Gasteiger partial charge in [0.15, 0.2) is 0 Å². The monoisotopic (exact) mass is 332 g/mol. The van der Waals surface area contributed by atoms with Gasteiger partial charge in [-0.15, -0.1) is 0 Å². The highest BCUT2D eigenvalue weighted by Crippen LogP contribution is 2.48. The minimum Gasteiger partial charge on any atom is -0.360 e. The van der Waals surface area contributed by atoms with Crippen LogP contribution in [0, 0.1) is 10.1 Å². The average Bonchev–Trinajstić information content (AvgIpc) is 2.64. The van der Waals surface area contributed by atoms with Crippen LogP contribution in [0.1, 0.15) is 24.9 Å². The van der Waals surface area contributed by atoms with Crippen molar-refractivity contribution in [2.45, 2.75) is 25.4 Å². The average molecular weight is 332 g/mol. The zero-order chi connectivity index (χ0) is 17.6. The van der Waals surface area contributed by atoms with Crippen LogP contribution in [0.5, 0.6) is 0 Å². The molecule has 0 saturated carbocycles. The van der Waals surface area contributed by atoms with Crippen molar-refractivity contribution in [3.63, 3.8) is 0 Å². The number of nitro groups is 1. The molecule has 4 nitrogen and oxygen atoms in total. The van der Waals surface area contributed by atoms with E-state index in [0.717, 1.165) is 33.2 Å². The molecule has 0 aromatic heterocycles. The molecule has 0 spiro atoms. The summed E-state index contributed by atoms with van der Waals surface area (Å²) in [4.78, 5) is 13.7. The number of hydrogen-bond acceptors (Lipinski definition) is 3. The fraction of sp³-hybridized carbons (Fsp3) is 0.238. The molecule has 2 atom stereocenters. The van der Waals surface area contributed by atoms with Crippen molar-refractivity contribution in [1.29, 1.82) is 0 Å². The first-order valence-corrected chi connectivity index (χ1v) is 8.61. The van der Waals surface area contributed by atoms with Crippen LogP contribution >= 0.6 is 0 Å². The lowest BCUT2D eigenvalue weighted by Gasteiger charge is -2.39. The molecule has 126 valence electrons. The number of hydrogen-bond donors (Lipinski definition) is 0. The number of likely N-dealkylation sites (N-methyl/N-ethyl adjacent to an activating group) is 1. The van der Waals surface area contributed by atoms with Gasteiger partial charge in [0, 0.05) is 29.3 Å². The maximum Gasteiger partial charge on any atom is 0.237 e. The van der Waals surface area contributed by atoms with Gasteiger partial charge in [0.05, 0.1) is 5.69 Å². The first-order chi connectivity index (χ1) is 12.1. The van der Waals surface area contributed by atoms with E-state index >= 15 is 0 Å². The first-order valence-electron chi connectivity index (χ1n) is 8.61. The molecule has 0 fully saturated rings. The number of nitrogens with zero attached hydrogens (tertiary/aromatic N) is 2. The van der Waals surface area contributed by atoms with E-state index in [1.54, 1.807) is 0 Å². The van der Waals surface area contributed by atoms with Crippen molar-refractivity contribution < 1.29 is 4.92 Å². The number of rotatable bonds is 3. The van der Waals surface area contributed by atoms with E-state index in [1.165, 1.54) is 0 Å². The fourth-order valence-corrected chi connectivity index (χ4v) is 4.15. The summed E-state index contributed by atoms with van der Waals surface area (Å²) < 4.78 is 0. The summed E-state index contributed by atoms with van der Waals surface area (Å²) >= 11 is 0. The largest absolute Gasteiger partial charge is 0.360 e. The molecule has 0 saturated heterocycles. The SMILES string of the molecule is CCC(C1c2ccccc2-c2ccc3ccccc3c2N1C)[N+](=O)[O-]. The van der Waals surface area contributed by atoms with E-state index in [9.17, 15) is 10.1 Å². The molecule has 25 heavy (non-hydrogen) atoms. The second-order valence-corrected chi connectivity index (χ2v) is 6.59. The molecule has 0 aliphatic carbocycles. The van der Waals surface area contributed by atoms with Crippen molar-refractivity contribution in [2.24, 2.45) is 0 Å². The minimum absolute atomic E-state index is 0.131. The third-order valence-corrected chi connectivity index (χ3v) is 5.29. The van der Waals surface area contributed by atoms with Gasteiger partial charge >= 0.3 is 0 Å². The molecule has 2 unspecified atom stereocenters. The number of benzene rings is 3. The molecule has 3 aromatic rings. The van der Waals surface area contributed by atoms with Crippen molar-refractivity contribution in [3.05, 3.63) is 76.3 Å². The molecule has 0 amide bonds. The summed E-state index contributed by atoms with van der Waals surface area (Å²) in [6.45, 7) is 1.89. The summed E-state index contributed by atoms with van der Waals surface area (Å²) in [6, 6.07) is 19.7. The minimum atomic E-state index is -0.640. The van der Waals surface area contributed by atoms with E-state index in [4.69, 9.17) is 0 Å². The van der Waals surface area contributed by atoms with E-state index < -0.39 is 6.04 Å². The van der Waals surface area contributed by atoms with Crippen LogP contribution in [-0.2, 0) is 0 Å². The number of anilines is 1. The van der Waals surface area contributed by atoms with Gasteiger partial charge in [0.1, 0.15) is 6.04 Å². The van der Waals surface area contributed by atoms with Gasteiger partial charge in [-0.3, -0.25) is 10.1 Å². The molecule has 0 radical (unpaired) electrons. The lowest BCUT2D eigenvalue weighted by Crippen LogP contribution is -2.40. The predicted octanol–water partition coefficient (Wildman–Crippen LogP) is 5.05. The van der Waals surface area contributed by atoms with Crippen LogP contribution < -0.4 is 4.90 Å². The molecule has 1 aliphatic heterocycles. The van der Waals surface area contributed by atoms with Crippen LogP contribution in [0.3, 0.4) is 0 Å². The lowest BCUT2D eigenvalue weighted by molar-refractivity contribution is -0.527. The number of fused-ring (bicyclic) bond motifs is 5. The van der Waals surface area contributed by atoms with E-state index in [-0.39, 0.29) is 11.0 Å². The highest BCUT2D eigenvalue weighted by atomic mass is 16.6. The van der Waals surface area contributed by atoms with E-state index in [1.807, 2.05) is 44.3 Å². The molecule has 1 heterocycles. The first kappa shape index (κ1) is 15.6. The third-order valence-electron chi connectivity index (χ3n) is 5.29. The standard InChI is InChI=1S/C21H20N2O2/c1-3-19(23(24)25)21-17-11-7-6-10-16(17)18-13-12-14-8-4-5-9-15(14)20(18)22(21)2/h4-13,19,21H,3H2,1-2H3. The molecule has 3 aromatic carbocycles. The zero-order valence-corrected chi connectivity index (χ0v) is 14.3. The van der Waals surface area contributed by atoms with Crippen LogP contribution in [0.15, 0.2) is 60.7 Å². The summed E-state index contributed by atoms with van der Waals surface area (Å²) in [6.07, 6.45) is 0.496. The maximum absolute atomic E-state index is 11.7. The molecule has 0 N–H and O–H groups in total. The Morgan fingerprint density at radius 3 is 2.52 bits per heavy atom. The Bertz CT molecular complexity index is 967. The van der Waals surface area contributed by atoms with Gasteiger partial charge in [-0.2, -0.15) is 0 Å². The Kier molecular flexibility index (Phi) is 3.68. The summed E-state index contributed by atoms with van der Waals surface area (Å²) in [5.74, 6) is 0. The Morgan fingerprint density at radius 2 is 1.76 bits per heavy atom. The van der Waals surface area contributed by atoms with E-state index in [2.05, 4.69) is 35.2 Å². The second-order valence-electron chi connectivity index (χ2n) is 6.59. The Balaban J connectivity index is 2.04. The predicted molar refractivity (Wildman–Crippen MR) is 102 cm³/mol. The zero-order valence-electron chi connectivity index (χ0n) is 14.3. The van der Waals surface area contributed by atoms with Gasteiger partial charge < -0.3 is 4.90 Å². The van der Waals surface area contributed by atoms with Crippen LogP contribution in [0.25, 0.3) is 21.9 Å². The van der Waals surface area contributed by atoms with Crippen molar-refractivity contribution in [1.82, 2.24) is 0 Å². The molecular weight excluding hydrogens is 312 g/mol. The van der Waals surface area contributed by atoms with E-state index in [0.29, 0.717) is 6.42 Å². The molecular formula is C21H20N2O2. The van der Waals surface area contributed by atoms with Crippen LogP contribution in [0.2, 0.25) is 0 Å². The normalized spacial score (nSPS) is 17.0. The van der Waals surface area contributed by atoms with Gasteiger partial charge in [-0.1, -0.05) is 67.6 Å². The smallest absolute Gasteiger partial charge is 0.237 e. The summed E-state index contributed by atoms with van der Waals surface area (Å²) in [5, 5.41) is 14.0. The highest BCUT2D eigenvalue weighted by molar-refractivity contribution is 6.04. The third kappa shape index (κ3) is 2.29. The maximum atomic E-state index is 11.7. The highest BCUT2D eigenvalue weighted by Gasteiger charge is 2.40. The van der Waals surface area contributed by atoms with Crippen molar-refractivity contribution in [3.8, 4) is 11.1 Å². The summed E-state index contributed by atoms with van der Waals surface area (Å²) in [5.41, 5.74) is 4.37. The van der Waals surface area contributed by atoms with Crippen LogP contribution in [-0.4, -0.2) is 18.0 Å². The fourth-order valence-electron chi connectivity index (χ4n) is 4.15. The van der Waals surface area contributed by atoms with Gasteiger partial charge in [-0.25, -0.2) is 0 Å². The van der Waals surface area contributed by atoms with Gasteiger partial charge in [0.25, 0.3) is 0 Å². The summed E-state index contributed by atoms with van der Waals surface area (Å²) in [7, 11) is 1.98. The molecule has 4 heteroatoms. The molecule has 4 rings (SSSR count). The Hall–Kier alpha value is -2.88. The second kappa shape index (κ2) is 5.88.